The van der Waals surface area contributed by atoms with Gasteiger partial charge in [-0.25, -0.2) is 4.79 Å². The van der Waals surface area contributed by atoms with Gasteiger partial charge in [-0.3, -0.25) is 0 Å². The molecule has 1 aromatic carbocycles. The van der Waals surface area contributed by atoms with Crippen LogP contribution in [0, 0.1) is 0 Å². The third kappa shape index (κ3) is 5.01. The molecule has 124 valence electrons. The lowest BCUT2D eigenvalue weighted by Crippen LogP contribution is -2.41. The maximum absolute atomic E-state index is 13.3. The fourth-order valence-electron chi connectivity index (χ4n) is 1.73. The third-order valence-corrected chi connectivity index (χ3v) is 2.56. The van der Waals surface area contributed by atoms with Gasteiger partial charge in [0.15, 0.2) is 6.04 Å². The van der Waals surface area contributed by atoms with Crippen molar-refractivity contribution in [3.05, 3.63) is 23.8 Å². The van der Waals surface area contributed by atoms with E-state index in [1.165, 1.54) is 19.2 Å². The Morgan fingerprint density at radius 2 is 1.86 bits per heavy atom. The van der Waals surface area contributed by atoms with E-state index in [4.69, 9.17) is 15.2 Å². The van der Waals surface area contributed by atoms with E-state index in [1.807, 2.05) is 5.32 Å². The molecule has 0 aliphatic heterocycles. The van der Waals surface area contributed by atoms with Crippen molar-refractivity contribution in [2.24, 2.45) is 0 Å². The predicted molar refractivity (Wildman–Crippen MR) is 75.6 cm³/mol. The van der Waals surface area contributed by atoms with Gasteiger partial charge in [0.05, 0.1) is 7.11 Å². The van der Waals surface area contributed by atoms with Crippen LogP contribution in [0.1, 0.15) is 32.4 Å². The Kier molecular flexibility index (Phi) is 5.16. The minimum absolute atomic E-state index is 0.0709. The standard InChI is InChI=1S/C14H19F3N2O3/c1-13(2,3)22-12(20)19-11(14(15,16)17)9-6-5-8(18)7-10(9)21-4/h5-7,11H,18H2,1-4H3,(H,19,20)/t11-/m0/s1. The van der Waals surface area contributed by atoms with E-state index >= 15 is 0 Å². The van der Waals surface area contributed by atoms with Crippen molar-refractivity contribution in [2.45, 2.75) is 38.6 Å². The molecule has 3 N–H and O–H groups in total. The number of halogens is 3. The van der Waals surface area contributed by atoms with Gasteiger partial charge in [-0.2, -0.15) is 13.2 Å². The molecule has 0 heterocycles. The van der Waals surface area contributed by atoms with Gasteiger partial charge < -0.3 is 20.5 Å². The Hall–Kier alpha value is -2.12. The summed E-state index contributed by atoms with van der Waals surface area (Å²) < 4.78 is 49.6. The summed E-state index contributed by atoms with van der Waals surface area (Å²) in [7, 11) is 1.22. The number of nitrogen functional groups attached to an aromatic ring is 1. The minimum atomic E-state index is -4.72. The molecule has 0 radical (unpaired) electrons. The van der Waals surface area contributed by atoms with E-state index in [-0.39, 0.29) is 17.0 Å². The molecule has 0 bridgehead atoms. The second-order valence-electron chi connectivity index (χ2n) is 5.62. The molecule has 1 rings (SSSR count). The molecule has 8 heteroatoms. The molecule has 5 nitrogen and oxygen atoms in total. The zero-order valence-corrected chi connectivity index (χ0v) is 12.7. The van der Waals surface area contributed by atoms with Crippen LogP contribution in [-0.2, 0) is 4.74 Å². The lowest BCUT2D eigenvalue weighted by atomic mass is 10.0. The highest BCUT2D eigenvalue weighted by Crippen LogP contribution is 2.38. The quantitative estimate of drug-likeness (QED) is 0.837. The van der Waals surface area contributed by atoms with Crippen molar-refractivity contribution in [2.75, 3.05) is 12.8 Å². The monoisotopic (exact) mass is 320 g/mol. The molecular formula is C14H19F3N2O3. The van der Waals surface area contributed by atoms with E-state index in [2.05, 4.69) is 0 Å². The van der Waals surface area contributed by atoms with Gasteiger partial charge in [-0.1, -0.05) is 6.07 Å². The fourth-order valence-corrected chi connectivity index (χ4v) is 1.73. The predicted octanol–water partition coefficient (Wildman–Crippen LogP) is 3.41. The van der Waals surface area contributed by atoms with Crippen LogP contribution in [0.15, 0.2) is 18.2 Å². The van der Waals surface area contributed by atoms with Crippen molar-refractivity contribution in [3.63, 3.8) is 0 Å². The minimum Gasteiger partial charge on any atom is -0.496 e. The number of carbonyl (C=O) groups is 1. The van der Waals surface area contributed by atoms with Gasteiger partial charge in [-0.15, -0.1) is 0 Å². The lowest BCUT2D eigenvalue weighted by molar-refractivity contribution is -0.157. The summed E-state index contributed by atoms with van der Waals surface area (Å²) in [6, 6.07) is 1.44. The van der Waals surface area contributed by atoms with Gasteiger partial charge in [-0.05, 0) is 26.8 Å². The van der Waals surface area contributed by atoms with Gasteiger partial charge in [0.1, 0.15) is 11.4 Å². The molecule has 0 unspecified atom stereocenters. The average Bonchev–Trinajstić information content (AvgIpc) is 2.32. The molecule has 0 saturated carbocycles. The average molecular weight is 320 g/mol. The number of methoxy groups -OCH3 is 1. The Labute approximate surface area is 126 Å². The highest BCUT2D eigenvalue weighted by Gasteiger charge is 2.44. The first-order chi connectivity index (χ1) is 9.94. The Morgan fingerprint density at radius 3 is 2.32 bits per heavy atom. The first kappa shape index (κ1) is 17.9. The maximum atomic E-state index is 13.3. The van der Waals surface area contributed by atoms with Gasteiger partial charge >= 0.3 is 12.3 Å². The van der Waals surface area contributed by atoms with Crippen LogP contribution in [0.25, 0.3) is 0 Å². The Balaban J connectivity index is 3.13. The molecule has 0 spiro atoms. The summed E-state index contributed by atoms with van der Waals surface area (Å²) in [5, 5.41) is 1.82. The molecule has 0 aromatic heterocycles. The SMILES string of the molecule is COc1cc(N)ccc1[C@H](NC(=O)OC(C)(C)C)C(F)(F)F. The molecule has 22 heavy (non-hydrogen) atoms. The van der Waals surface area contributed by atoms with E-state index in [9.17, 15) is 18.0 Å². The Bertz CT molecular complexity index is 539. The second kappa shape index (κ2) is 6.33. The lowest BCUT2D eigenvalue weighted by Gasteiger charge is -2.26. The number of hydrogen-bond donors (Lipinski definition) is 2. The molecule has 0 saturated heterocycles. The molecule has 1 aromatic rings. The number of nitrogens with one attached hydrogen (secondary N) is 1. The van der Waals surface area contributed by atoms with E-state index in [1.54, 1.807) is 20.8 Å². The van der Waals surface area contributed by atoms with Crippen LogP contribution in [0.2, 0.25) is 0 Å². The number of hydrogen-bond acceptors (Lipinski definition) is 4. The van der Waals surface area contributed by atoms with Crippen LogP contribution in [0.3, 0.4) is 0 Å². The number of nitrogens with two attached hydrogens (primary N) is 1. The van der Waals surface area contributed by atoms with Crippen LogP contribution >= 0.6 is 0 Å². The largest absolute Gasteiger partial charge is 0.496 e. The zero-order valence-electron chi connectivity index (χ0n) is 12.7. The summed E-state index contributed by atoms with van der Waals surface area (Å²) in [6.45, 7) is 4.66. The number of anilines is 1. The first-order valence-corrected chi connectivity index (χ1v) is 6.43. The molecule has 1 amide bonds. The topological polar surface area (TPSA) is 73.6 Å². The van der Waals surface area contributed by atoms with E-state index in [0.717, 1.165) is 6.07 Å². The number of alkyl carbamates (subject to hydrolysis) is 1. The molecular weight excluding hydrogens is 301 g/mol. The van der Waals surface area contributed by atoms with Crippen molar-refractivity contribution < 1.29 is 27.4 Å². The molecule has 0 aliphatic carbocycles. The summed E-state index contributed by atoms with van der Waals surface area (Å²) in [5.74, 6) is -0.0709. The summed E-state index contributed by atoms with van der Waals surface area (Å²) in [5.41, 5.74) is 4.61. The molecule has 1 atom stereocenters. The van der Waals surface area contributed by atoms with Crippen molar-refractivity contribution in [1.82, 2.24) is 5.32 Å². The van der Waals surface area contributed by atoms with Gasteiger partial charge in [0.2, 0.25) is 0 Å². The summed E-state index contributed by atoms with van der Waals surface area (Å²) in [4.78, 5) is 11.7. The summed E-state index contributed by atoms with van der Waals surface area (Å²) >= 11 is 0. The van der Waals surface area contributed by atoms with E-state index in [0.29, 0.717) is 0 Å². The van der Waals surface area contributed by atoms with Crippen LogP contribution < -0.4 is 15.8 Å². The summed E-state index contributed by atoms with van der Waals surface area (Å²) in [6.07, 6.45) is -5.89. The third-order valence-electron chi connectivity index (χ3n) is 2.56. The van der Waals surface area contributed by atoms with E-state index < -0.39 is 23.9 Å². The zero-order chi connectivity index (χ0) is 17.1. The number of rotatable bonds is 3. The highest BCUT2D eigenvalue weighted by molar-refractivity contribution is 5.69. The normalized spacial score (nSPS) is 13.4. The molecule has 0 fully saturated rings. The van der Waals surface area contributed by atoms with Crippen molar-refractivity contribution in [1.29, 1.82) is 0 Å². The first-order valence-electron chi connectivity index (χ1n) is 6.43. The van der Waals surface area contributed by atoms with Gasteiger partial charge in [0.25, 0.3) is 0 Å². The second-order valence-corrected chi connectivity index (χ2v) is 5.62. The maximum Gasteiger partial charge on any atom is 0.413 e. The highest BCUT2D eigenvalue weighted by atomic mass is 19.4. The van der Waals surface area contributed by atoms with Crippen LogP contribution in [-0.4, -0.2) is 25.0 Å². The van der Waals surface area contributed by atoms with Crippen molar-refractivity contribution >= 4 is 11.8 Å². The van der Waals surface area contributed by atoms with Crippen molar-refractivity contribution in [3.8, 4) is 5.75 Å². The number of carbonyl (C=O) groups excluding carboxylic acids is 1. The van der Waals surface area contributed by atoms with Gasteiger partial charge in [0, 0.05) is 17.3 Å². The Morgan fingerprint density at radius 1 is 1.27 bits per heavy atom. The fraction of sp³-hybridized carbons (Fsp3) is 0.500. The number of alkyl halides is 3. The van der Waals surface area contributed by atoms with Crippen LogP contribution in [0.4, 0.5) is 23.7 Å². The molecule has 0 aliphatic rings. The van der Waals surface area contributed by atoms with Crippen LogP contribution in [0.5, 0.6) is 5.75 Å². The number of amides is 1. The number of benzene rings is 1. The number of ether oxygens (including phenoxy) is 2. The smallest absolute Gasteiger partial charge is 0.413 e.